The zero-order valence-corrected chi connectivity index (χ0v) is 23.5. The Labute approximate surface area is 231 Å². The second-order valence-electron chi connectivity index (χ2n) is 10.2. The second kappa shape index (κ2) is 10.6. The molecule has 0 fully saturated rings. The minimum atomic E-state index is -0.470. The first kappa shape index (κ1) is 27.1. The lowest BCUT2D eigenvalue weighted by Gasteiger charge is -2.39. The first-order valence-corrected chi connectivity index (χ1v) is 13.0. The number of allylic oxidation sites excluding steroid dienone is 3. The number of fused-ring (bicyclic) bond motifs is 2. The molecule has 0 bridgehead atoms. The average molecular weight is 545 g/mol. The molecule has 8 nitrogen and oxygen atoms in total. The van der Waals surface area contributed by atoms with Crippen LogP contribution in [0.1, 0.15) is 43.7 Å². The number of hydrogen-bond acceptors (Lipinski definition) is 8. The van der Waals surface area contributed by atoms with Crippen LogP contribution in [0.4, 0.5) is 0 Å². The lowest BCUT2D eigenvalue weighted by Crippen LogP contribution is -2.26. The van der Waals surface area contributed by atoms with Crippen LogP contribution >= 0.6 is 0 Å². The smallest absolute Gasteiger partial charge is 0.336 e. The average Bonchev–Trinajstić information content (AvgIpc) is 2.96. The maximum absolute atomic E-state index is 12.4. The van der Waals surface area contributed by atoms with E-state index in [4.69, 9.17) is 27.8 Å². The van der Waals surface area contributed by atoms with E-state index in [1.54, 1.807) is 46.6 Å². The third-order valence-electron chi connectivity index (χ3n) is 7.78. The normalized spacial score (nSPS) is 19.1. The van der Waals surface area contributed by atoms with E-state index in [9.17, 15) is 9.59 Å². The molecule has 0 spiro atoms. The summed E-state index contributed by atoms with van der Waals surface area (Å²) in [5.74, 6) is 1.95. The van der Waals surface area contributed by atoms with Crippen molar-refractivity contribution in [1.82, 2.24) is 0 Å². The molecular weight excluding hydrogens is 512 g/mol. The monoisotopic (exact) mass is 544 g/mol. The molecule has 0 saturated heterocycles. The molecule has 40 heavy (non-hydrogen) atoms. The van der Waals surface area contributed by atoms with Crippen molar-refractivity contribution in [2.24, 2.45) is 5.41 Å². The van der Waals surface area contributed by atoms with Gasteiger partial charge in [0.05, 0.1) is 44.8 Å². The summed E-state index contributed by atoms with van der Waals surface area (Å²) in [6.45, 7) is 4.25. The molecule has 2 heterocycles. The lowest BCUT2D eigenvalue weighted by atomic mass is 9.65. The van der Waals surface area contributed by atoms with Gasteiger partial charge in [-0.05, 0) is 37.3 Å². The summed E-state index contributed by atoms with van der Waals surface area (Å²) in [5.41, 5.74) is 2.04. The van der Waals surface area contributed by atoms with Crippen molar-refractivity contribution in [2.45, 2.75) is 32.6 Å². The van der Waals surface area contributed by atoms with E-state index in [-0.39, 0.29) is 5.92 Å². The van der Waals surface area contributed by atoms with Crippen LogP contribution in [0.25, 0.3) is 28.0 Å². The van der Waals surface area contributed by atoms with E-state index in [1.165, 1.54) is 17.7 Å². The number of hydrogen-bond donors (Lipinski definition) is 0. The van der Waals surface area contributed by atoms with Gasteiger partial charge in [-0.2, -0.15) is 0 Å². The molecule has 0 unspecified atom stereocenters. The van der Waals surface area contributed by atoms with Crippen molar-refractivity contribution < 1.29 is 27.8 Å². The minimum Gasteiger partial charge on any atom is -0.496 e. The van der Waals surface area contributed by atoms with Crippen LogP contribution in [-0.4, -0.2) is 28.4 Å². The van der Waals surface area contributed by atoms with Crippen LogP contribution in [0, 0.1) is 5.41 Å². The second-order valence-corrected chi connectivity index (χ2v) is 10.2. The third kappa shape index (κ3) is 4.63. The van der Waals surface area contributed by atoms with Crippen molar-refractivity contribution in [3.63, 3.8) is 0 Å². The molecule has 0 aliphatic heterocycles. The first-order valence-electron chi connectivity index (χ1n) is 13.0. The van der Waals surface area contributed by atoms with Gasteiger partial charge in [-0.15, -0.1) is 0 Å². The summed E-state index contributed by atoms with van der Waals surface area (Å²) >= 11 is 0. The van der Waals surface area contributed by atoms with Gasteiger partial charge in [-0.25, -0.2) is 9.59 Å². The zero-order valence-electron chi connectivity index (χ0n) is 23.5. The summed E-state index contributed by atoms with van der Waals surface area (Å²) in [6, 6.07) is 9.76. The molecule has 0 N–H and O–H groups in total. The van der Waals surface area contributed by atoms with Gasteiger partial charge in [0.25, 0.3) is 0 Å². The standard InChI is InChI=1S/C32H32O8/c1-18-11-13-32(2,14-12-21-24(36-4)16-23(35-3)19-7-9-27(33)39-30(19)21)22(15-18)29-26(38-6)17-25(37-5)20-8-10-28(34)40-31(20)29/h7-10,12,14-17,22H,11,13H2,1-6H3/b14-12+/t22-,32-/m0/s1. The number of ether oxygens (including phenoxy) is 4. The van der Waals surface area contributed by atoms with E-state index < -0.39 is 16.7 Å². The molecular formula is C32H32O8. The van der Waals surface area contributed by atoms with E-state index in [0.29, 0.717) is 50.5 Å². The van der Waals surface area contributed by atoms with Gasteiger partial charge in [0.1, 0.15) is 28.6 Å². The summed E-state index contributed by atoms with van der Waals surface area (Å²) < 4.78 is 34.1. The Morgan fingerprint density at radius 3 is 1.95 bits per heavy atom. The van der Waals surface area contributed by atoms with E-state index in [1.807, 2.05) is 12.1 Å². The molecule has 2 aromatic carbocycles. The Hall–Kier alpha value is -4.46. The summed E-state index contributed by atoms with van der Waals surface area (Å²) in [4.78, 5) is 24.6. The van der Waals surface area contributed by atoms with Crippen molar-refractivity contribution in [3.05, 3.63) is 86.1 Å². The van der Waals surface area contributed by atoms with Gasteiger partial charge in [0, 0.05) is 35.7 Å². The highest BCUT2D eigenvalue weighted by atomic mass is 16.5. The number of rotatable bonds is 7. The van der Waals surface area contributed by atoms with Gasteiger partial charge in [0.15, 0.2) is 5.58 Å². The maximum atomic E-state index is 12.4. The van der Waals surface area contributed by atoms with Crippen LogP contribution in [0.5, 0.6) is 23.0 Å². The van der Waals surface area contributed by atoms with Crippen LogP contribution in [0.3, 0.4) is 0 Å². The third-order valence-corrected chi connectivity index (χ3v) is 7.78. The highest BCUT2D eigenvalue weighted by Crippen LogP contribution is 2.52. The lowest BCUT2D eigenvalue weighted by molar-refractivity contribution is 0.320. The van der Waals surface area contributed by atoms with Crippen molar-refractivity contribution in [2.75, 3.05) is 28.4 Å². The fourth-order valence-electron chi connectivity index (χ4n) is 5.58. The molecule has 4 aromatic rings. The molecule has 5 rings (SSSR count). The fourth-order valence-corrected chi connectivity index (χ4v) is 5.58. The minimum absolute atomic E-state index is 0.214. The molecule has 8 heteroatoms. The Kier molecular flexibility index (Phi) is 7.19. The molecule has 208 valence electrons. The predicted octanol–water partition coefficient (Wildman–Crippen LogP) is 6.48. The van der Waals surface area contributed by atoms with Gasteiger partial charge in [-0.3, -0.25) is 0 Å². The molecule has 1 aliphatic rings. The highest BCUT2D eigenvalue weighted by molar-refractivity contribution is 5.93. The van der Waals surface area contributed by atoms with E-state index in [0.717, 1.165) is 18.4 Å². The topological polar surface area (TPSA) is 97.3 Å². The van der Waals surface area contributed by atoms with Gasteiger partial charge < -0.3 is 27.8 Å². The Balaban J connectivity index is 1.75. The summed E-state index contributed by atoms with van der Waals surface area (Å²) in [6.07, 6.45) is 7.93. The largest absolute Gasteiger partial charge is 0.496 e. The van der Waals surface area contributed by atoms with E-state index in [2.05, 4.69) is 26.0 Å². The van der Waals surface area contributed by atoms with Crippen LogP contribution < -0.4 is 30.2 Å². The van der Waals surface area contributed by atoms with Crippen molar-refractivity contribution in [3.8, 4) is 23.0 Å². The zero-order chi connectivity index (χ0) is 28.6. The van der Waals surface area contributed by atoms with Crippen molar-refractivity contribution >= 4 is 28.0 Å². The SMILES string of the molecule is COc1cc(OC)c2ccc(=O)oc2c1/C=C/[C@]1(C)CCC(C)=C[C@H]1c1c(OC)cc(OC)c2ccc(=O)oc12. The Bertz CT molecular complexity index is 1770. The molecule has 0 saturated carbocycles. The Morgan fingerprint density at radius 1 is 0.800 bits per heavy atom. The molecule has 0 radical (unpaired) electrons. The quantitative estimate of drug-likeness (QED) is 0.193. The fraction of sp³-hybridized carbons (Fsp3) is 0.312. The van der Waals surface area contributed by atoms with E-state index >= 15 is 0 Å². The highest BCUT2D eigenvalue weighted by Gasteiger charge is 2.38. The maximum Gasteiger partial charge on any atom is 0.336 e. The molecule has 0 amide bonds. The summed E-state index contributed by atoms with van der Waals surface area (Å²) in [5, 5.41) is 1.35. The van der Waals surface area contributed by atoms with Crippen LogP contribution in [0.15, 0.2) is 72.5 Å². The van der Waals surface area contributed by atoms with Crippen LogP contribution in [-0.2, 0) is 0 Å². The predicted molar refractivity (Wildman–Crippen MR) is 154 cm³/mol. The number of methoxy groups -OCH3 is 4. The number of benzene rings is 2. The van der Waals surface area contributed by atoms with Crippen LogP contribution in [0.2, 0.25) is 0 Å². The first-order chi connectivity index (χ1) is 19.2. The van der Waals surface area contributed by atoms with Gasteiger partial charge in [0.2, 0.25) is 0 Å². The molecule has 2 atom stereocenters. The molecule has 1 aliphatic carbocycles. The molecule has 2 aromatic heterocycles. The van der Waals surface area contributed by atoms with Gasteiger partial charge >= 0.3 is 11.3 Å². The van der Waals surface area contributed by atoms with Crippen molar-refractivity contribution in [1.29, 1.82) is 0 Å². The Morgan fingerprint density at radius 2 is 1.35 bits per heavy atom. The van der Waals surface area contributed by atoms with Gasteiger partial charge in [-0.1, -0.05) is 30.7 Å². The summed E-state index contributed by atoms with van der Waals surface area (Å²) in [7, 11) is 6.28.